The number of ether oxygens (including phenoxy) is 1. The van der Waals surface area contributed by atoms with Gasteiger partial charge < -0.3 is 4.74 Å². The lowest BCUT2D eigenvalue weighted by Gasteiger charge is -2.08. The Hall–Kier alpha value is -1.08. The van der Waals surface area contributed by atoms with Gasteiger partial charge in [-0.1, -0.05) is 31.2 Å². The summed E-state index contributed by atoms with van der Waals surface area (Å²) in [6.45, 7) is 7.16. The average molecular weight is 204 g/mol. The van der Waals surface area contributed by atoms with Crippen molar-refractivity contribution in [2.45, 2.75) is 27.2 Å². The van der Waals surface area contributed by atoms with Gasteiger partial charge in [0.1, 0.15) is 0 Å². The van der Waals surface area contributed by atoms with E-state index in [1.807, 2.05) is 0 Å². The number of hydrogen-bond acceptors (Lipinski definition) is 1. The van der Waals surface area contributed by atoms with Gasteiger partial charge in [-0.2, -0.15) is 0 Å². The largest absolute Gasteiger partial charge is 0.380 e. The highest BCUT2D eigenvalue weighted by Crippen LogP contribution is 2.18. The van der Waals surface area contributed by atoms with Crippen molar-refractivity contribution >= 4 is 6.08 Å². The molecule has 1 aromatic rings. The minimum absolute atomic E-state index is 0.706. The predicted molar refractivity (Wildman–Crippen MR) is 66.1 cm³/mol. The van der Waals surface area contributed by atoms with E-state index in [1.165, 1.54) is 22.3 Å². The maximum absolute atomic E-state index is 5.12. The second kappa shape index (κ2) is 5.72. The molecule has 0 N–H and O–H groups in total. The summed E-state index contributed by atoms with van der Waals surface area (Å²) in [4.78, 5) is 0. The monoisotopic (exact) mass is 204 g/mol. The van der Waals surface area contributed by atoms with Crippen molar-refractivity contribution in [2.24, 2.45) is 0 Å². The molecule has 1 rings (SSSR count). The van der Waals surface area contributed by atoms with Crippen LogP contribution in [0.25, 0.3) is 6.08 Å². The summed E-state index contributed by atoms with van der Waals surface area (Å²) in [5, 5.41) is 0. The van der Waals surface area contributed by atoms with E-state index < -0.39 is 0 Å². The first-order chi connectivity index (χ1) is 7.19. The van der Waals surface area contributed by atoms with Gasteiger partial charge in [0.05, 0.1) is 6.61 Å². The van der Waals surface area contributed by atoms with Gasteiger partial charge >= 0.3 is 0 Å². The van der Waals surface area contributed by atoms with Gasteiger partial charge in [0, 0.05) is 7.11 Å². The molecule has 0 aliphatic heterocycles. The van der Waals surface area contributed by atoms with Crippen LogP contribution >= 0.6 is 0 Å². The van der Waals surface area contributed by atoms with Crippen molar-refractivity contribution in [3.63, 3.8) is 0 Å². The second-order valence-electron chi connectivity index (χ2n) is 3.92. The number of benzene rings is 1. The third-order valence-electron chi connectivity index (χ3n) is 2.56. The van der Waals surface area contributed by atoms with Crippen LogP contribution < -0.4 is 0 Å². The van der Waals surface area contributed by atoms with Crippen molar-refractivity contribution in [1.82, 2.24) is 0 Å². The van der Waals surface area contributed by atoms with Crippen LogP contribution in [0.4, 0.5) is 0 Å². The van der Waals surface area contributed by atoms with Crippen LogP contribution in [0, 0.1) is 6.92 Å². The van der Waals surface area contributed by atoms with Gasteiger partial charge in [0.15, 0.2) is 0 Å². The summed E-state index contributed by atoms with van der Waals surface area (Å²) in [6.07, 6.45) is 3.31. The van der Waals surface area contributed by atoms with Crippen LogP contribution in [0.5, 0.6) is 0 Å². The van der Waals surface area contributed by atoms with E-state index in [1.54, 1.807) is 7.11 Å². The zero-order valence-corrected chi connectivity index (χ0v) is 10.1. The first-order valence-electron chi connectivity index (χ1n) is 5.43. The zero-order valence-electron chi connectivity index (χ0n) is 10.1. The number of hydrogen-bond donors (Lipinski definition) is 0. The Morgan fingerprint density at radius 1 is 1.40 bits per heavy atom. The van der Waals surface area contributed by atoms with Gasteiger partial charge in [0.2, 0.25) is 0 Å². The van der Waals surface area contributed by atoms with E-state index in [9.17, 15) is 0 Å². The summed E-state index contributed by atoms with van der Waals surface area (Å²) < 4.78 is 5.12. The average Bonchev–Trinajstić information content (AvgIpc) is 2.21. The quantitative estimate of drug-likeness (QED) is 0.728. The van der Waals surface area contributed by atoms with E-state index in [2.05, 4.69) is 45.0 Å². The maximum atomic E-state index is 5.12. The fraction of sp³-hybridized carbons (Fsp3) is 0.429. The van der Waals surface area contributed by atoms with E-state index in [-0.39, 0.29) is 0 Å². The summed E-state index contributed by atoms with van der Waals surface area (Å²) in [6, 6.07) is 6.47. The van der Waals surface area contributed by atoms with Gasteiger partial charge in [-0.15, -0.1) is 0 Å². The van der Waals surface area contributed by atoms with E-state index >= 15 is 0 Å². The molecule has 0 amide bonds. The molecule has 1 aromatic carbocycles. The molecule has 82 valence electrons. The minimum Gasteiger partial charge on any atom is -0.380 e. The topological polar surface area (TPSA) is 9.23 Å². The molecule has 0 fully saturated rings. The first-order valence-corrected chi connectivity index (χ1v) is 5.43. The number of aryl methyl sites for hydroxylation is 2. The van der Waals surface area contributed by atoms with E-state index in [0.29, 0.717) is 6.61 Å². The van der Waals surface area contributed by atoms with Crippen molar-refractivity contribution in [3.05, 3.63) is 40.5 Å². The molecule has 0 unspecified atom stereocenters. The van der Waals surface area contributed by atoms with Crippen LogP contribution in [0.15, 0.2) is 23.8 Å². The molecule has 0 aliphatic carbocycles. The van der Waals surface area contributed by atoms with Crippen molar-refractivity contribution < 1.29 is 4.74 Å². The number of methoxy groups -OCH3 is 1. The Morgan fingerprint density at radius 3 is 2.73 bits per heavy atom. The molecule has 1 heteroatoms. The first kappa shape index (κ1) is 12.0. The summed E-state index contributed by atoms with van der Waals surface area (Å²) >= 11 is 0. The van der Waals surface area contributed by atoms with E-state index in [4.69, 9.17) is 4.74 Å². The van der Waals surface area contributed by atoms with Gasteiger partial charge in [-0.25, -0.2) is 0 Å². The number of rotatable bonds is 4. The van der Waals surface area contributed by atoms with Crippen molar-refractivity contribution in [1.29, 1.82) is 0 Å². The smallest absolute Gasteiger partial charge is 0.0673 e. The molecule has 0 saturated carbocycles. The summed E-state index contributed by atoms with van der Waals surface area (Å²) in [5.74, 6) is 0. The molecule has 0 bridgehead atoms. The molecule has 0 atom stereocenters. The van der Waals surface area contributed by atoms with Crippen LogP contribution in [-0.4, -0.2) is 13.7 Å². The molecule has 15 heavy (non-hydrogen) atoms. The highest BCUT2D eigenvalue weighted by molar-refractivity contribution is 5.60. The third-order valence-corrected chi connectivity index (χ3v) is 2.56. The molecule has 0 spiro atoms. The minimum atomic E-state index is 0.706. The van der Waals surface area contributed by atoms with Crippen molar-refractivity contribution in [3.8, 4) is 0 Å². The Balaban J connectivity index is 3.06. The summed E-state index contributed by atoms with van der Waals surface area (Å²) in [5.41, 5.74) is 5.37. The second-order valence-corrected chi connectivity index (χ2v) is 3.92. The normalized spacial score (nSPS) is 11.9. The maximum Gasteiger partial charge on any atom is 0.0673 e. The molecular formula is C14H20O. The van der Waals surface area contributed by atoms with Crippen molar-refractivity contribution in [2.75, 3.05) is 13.7 Å². The van der Waals surface area contributed by atoms with Gasteiger partial charge in [-0.3, -0.25) is 0 Å². The van der Waals surface area contributed by atoms with Gasteiger partial charge in [0.25, 0.3) is 0 Å². The Bertz CT molecular complexity index is 350. The molecule has 0 aromatic heterocycles. The molecule has 0 radical (unpaired) electrons. The fourth-order valence-corrected chi connectivity index (χ4v) is 1.77. The van der Waals surface area contributed by atoms with Crippen LogP contribution in [-0.2, 0) is 11.2 Å². The highest BCUT2D eigenvalue weighted by atomic mass is 16.5. The van der Waals surface area contributed by atoms with Crippen LogP contribution in [0.3, 0.4) is 0 Å². The Morgan fingerprint density at radius 2 is 2.13 bits per heavy atom. The fourth-order valence-electron chi connectivity index (χ4n) is 1.77. The molecular weight excluding hydrogens is 184 g/mol. The Kier molecular flexibility index (Phi) is 4.57. The predicted octanol–water partition coefficient (Wildman–Crippen LogP) is 3.61. The molecule has 0 aliphatic rings. The lowest BCUT2D eigenvalue weighted by atomic mass is 9.98. The standard InChI is InChI=1S/C14H20O/c1-5-13-8-6-7-12(3)14(13)9-11(2)10-15-4/h6-9H,5,10H2,1-4H3/b11-9-. The molecule has 0 saturated heterocycles. The summed E-state index contributed by atoms with van der Waals surface area (Å²) in [7, 11) is 1.73. The lowest BCUT2D eigenvalue weighted by molar-refractivity contribution is 0.226. The molecule has 1 nitrogen and oxygen atoms in total. The molecule has 0 heterocycles. The third kappa shape index (κ3) is 3.21. The Labute approximate surface area is 92.8 Å². The highest BCUT2D eigenvalue weighted by Gasteiger charge is 2.01. The lowest BCUT2D eigenvalue weighted by Crippen LogP contribution is -1.94. The van der Waals surface area contributed by atoms with Gasteiger partial charge in [-0.05, 0) is 42.5 Å². The zero-order chi connectivity index (χ0) is 11.3. The van der Waals surface area contributed by atoms with Crippen LogP contribution in [0.1, 0.15) is 30.5 Å². The van der Waals surface area contributed by atoms with Crippen LogP contribution in [0.2, 0.25) is 0 Å². The van der Waals surface area contributed by atoms with E-state index in [0.717, 1.165) is 6.42 Å². The SMILES string of the molecule is CCc1cccc(C)c1/C=C(/C)COC.